The smallest absolute Gasteiger partial charge is 0.329 e. The van der Waals surface area contributed by atoms with Crippen LogP contribution in [0.3, 0.4) is 0 Å². The Morgan fingerprint density at radius 3 is 1.71 bits per heavy atom. The predicted molar refractivity (Wildman–Crippen MR) is 127 cm³/mol. The van der Waals surface area contributed by atoms with E-state index in [4.69, 9.17) is 15.2 Å². The lowest BCUT2D eigenvalue weighted by molar-refractivity contribution is -0.149. The number of ether oxygens (including phenoxy) is 2. The van der Waals surface area contributed by atoms with E-state index in [1.807, 2.05) is 91.0 Å². The molecule has 0 bridgehead atoms. The molecule has 0 fully saturated rings. The molecule has 0 aliphatic heterocycles. The van der Waals surface area contributed by atoms with Crippen LogP contribution in [0.2, 0.25) is 0 Å². The molecule has 0 spiro atoms. The first-order valence-electron chi connectivity index (χ1n) is 11.0. The van der Waals surface area contributed by atoms with Gasteiger partial charge in [-0.25, -0.2) is 4.79 Å². The minimum Gasteiger partial charge on any atom is -0.461 e. The number of nitrogens with one attached hydrogen (secondary N) is 1. The highest BCUT2D eigenvalue weighted by atomic mass is 16.5. The standard InChI is InChI=1S/C27H28N2O5/c28-23(17-25(30)33-18-21-12-6-2-7-13-21)26(31)29-24(16-20-10-4-1-5-11-20)27(32)34-19-22-14-8-3-9-15-22/h1-15,23-24H,16-19,28H2,(H,29,31)/t23-,24-/m0/s1. The summed E-state index contributed by atoms with van der Waals surface area (Å²) in [5.74, 6) is -1.81. The molecule has 0 aliphatic rings. The molecular formula is C27H28N2O5. The molecule has 0 aromatic heterocycles. The zero-order valence-corrected chi connectivity index (χ0v) is 18.8. The molecule has 3 rings (SSSR count). The fraction of sp³-hybridized carbons (Fsp3) is 0.222. The Bertz CT molecular complexity index is 1060. The fourth-order valence-electron chi connectivity index (χ4n) is 3.22. The van der Waals surface area contributed by atoms with E-state index < -0.39 is 29.9 Å². The van der Waals surface area contributed by atoms with E-state index in [0.29, 0.717) is 0 Å². The number of hydrogen-bond acceptors (Lipinski definition) is 6. The quantitative estimate of drug-likeness (QED) is 0.426. The Hall–Kier alpha value is -3.97. The van der Waals surface area contributed by atoms with E-state index in [0.717, 1.165) is 16.7 Å². The summed E-state index contributed by atoms with van der Waals surface area (Å²) in [5, 5.41) is 2.63. The van der Waals surface area contributed by atoms with Crippen molar-refractivity contribution in [1.29, 1.82) is 0 Å². The molecule has 3 aromatic carbocycles. The van der Waals surface area contributed by atoms with E-state index >= 15 is 0 Å². The average Bonchev–Trinajstić information content (AvgIpc) is 2.87. The zero-order valence-electron chi connectivity index (χ0n) is 18.8. The van der Waals surface area contributed by atoms with E-state index in [1.165, 1.54) is 0 Å². The first-order valence-corrected chi connectivity index (χ1v) is 11.0. The normalized spacial score (nSPS) is 12.3. The summed E-state index contributed by atoms with van der Waals surface area (Å²) in [6, 6.07) is 25.6. The SMILES string of the molecule is N[C@@H](CC(=O)OCc1ccccc1)C(=O)N[C@@H](Cc1ccccc1)C(=O)OCc1ccccc1. The van der Waals surface area contributed by atoms with Crippen LogP contribution in [0.25, 0.3) is 0 Å². The van der Waals surface area contributed by atoms with Crippen molar-refractivity contribution < 1.29 is 23.9 Å². The van der Waals surface area contributed by atoms with Crippen LogP contribution in [0.5, 0.6) is 0 Å². The molecule has 0 saturated heterocycles. The highest BCUT2D eigenvalue weighted by molar-refractivity contribution is 5.90. The summed E-state index contributed by atoms with van der Waals surface area (Å²) in [6.07, 6.45) is -0.0822. The first-order chi connectivity index (χ1) is 16.5. The minimum atomic E-state index is -1.16. The van der Waals surface area contributed by atoms with Gasteiger partial charge in [0.05, 0.1) is 12.5 Å². The molecule has 0 heterocycles. The molecule has 2 atom stereocenters. The van der Waals surface area contributed by atoms with Crippen molar-refractivity contribution in [3.8, 4) is 0 Å². The molecule has 0 unspecified atom stereocenters. The average molecular weight is 461 g/mol. The van der Waals surface area contributed by atoms with Gasteiger partial charge in [-0.3, -0.25) is 9.59 Å². The number of hydrogen-bond donors (Lipinski definition) is 2. The van der Waals surface area contributed by atoms with Crippen molar-refractivity contribution in [3.63, 3.8) is 0 Å². The van der Waals surface area contributed by atoms with Gasteiger partial charge in [-0.05, 0) is 16.7 Å². The van der Waals surface area contributed by atoms with Gasteiger partial charge >= 0.3 is 11.9 Å². The molecule has 34 heavy (non-hydrogen) atoms. The topological polar surface area (TPSA) is 108 Å². The number of nitrogens with two attached hydrogens (primary N) is 1. The van der Waals surface area contributed by atoms with Gasteiger partial charge in [-0.2, -0.15) is 0 Å². The minimum absolute atomic E-state index is 0.0820. The highest BCUT2D eigenvalue weighted by Crippen LogP contribution is 2.08. The monoisotopic (exact) mass is 460 g/mol. The lowest BCUT2D eigenvalue weighted by Crippen LogP contribution is -2.50. The van der Waals surface area contributed by atoms with Crippen molar-refractivity contribution in [2.24, 2.45) is 5.73 Å². The number of esters is 2. The molecule has 7 nitrogen and oxygen atoms in total. The Morgan fingerprint density at radius 2 is 1.18 bits per heavy atom. The third kappa shape index (κ3) is 8.18. The van der Waals surface area contributed by atoms with Gasteiger partial charge in [0.1, 0.15) is 19.3 Å². The summed E-state index contributed by atoms with van der Waals surface area (Å²) < 4.78 is 10.6. The number of benzene rings is 3. The molecule has 176 valence electrons. The number of rotatable bonds is 11. The van der Waals surface area contributed by atoms with Crippen molar-refractivity contribution in [1.82, 2.24) is 5.32 Å². The second-order valence-electron chi connectivity index (χ2n) is 7.80. The zero-order chi connectivity index (χ0) is 24.2. The van der Waals surface area contributed by atoms with Crippen molar-refractivity contribution >= 4 is 17.8 Å². The fourth-order valence-corrected chi connectivity index (χ4v) is 3.22. The van der Waals surface area contributed by atoms with Crippen molar-refractivity contribution in [3.05, 3.63) is 108 Å². The Kier molecular flexibility index (Phi) is 9.37. The van der Waals surface area contributed by atoms with E-state index in [9.17, 15) is 14.4 Å². The van der Waals surface area contributed by atoms with Crippen LogP contribution in [-0.2, 0) is 43.5 Å². The summed E-state index contributed by atoms with van der Waals surface area (Å²) in [4.78, 5) is 37.6. The third-order valence-electron chi connectivity index (χ3n) is 5.07. The van der Waals surface area contributed by atoms with Crippen molar-refractivity contribution in [2.45, 2.75) is 38.1 Å². The van der Waals surface area contributed by atoms with E-state index in [2.05, 4.69) is 5.32 Å². The molecule has 3 N–H and O–H groups in total. The number of amides is 1. The summed E-state index contributed by atoms with van der Waals surface area (Å²) in [5.41, 5.74) is 8.44. The van der Waals surface area contributed by atoms with Crippen LogP contribution in [0, 0.1) is 0 Å². The van der Waals surface area contributed by atoms with Crippen molar-refractivity contribution in [2.75, 3.05) is 0 Å². The van der Waals surface area contributed by atoms with Gasteiger partial charge in [0, 0.05) is 6.42 Å². The maximum absolute atomic E-state index is 12.8. The summed E-state index contributed by atoms with van der Waals surface area (Å²) in [6.45, 7) is 0.176. The van der Waals surface area contributed by atoms with Gasteiger partial charge in [-0.1, -0.05) is 91.0 Å². The van der Waals surface area contributed by atoms with Crippen LogP contribution in [-0.4, -0.2) is 29.9 Å². The maximum Gasteiger partial charge on any atom is 0.329 e. The van der Waals surface area contributed by atoms with Gasteiger partial charge in [-0.15, -0.1) is 0 Å². The molecule has 0 saturated carbocycles. The Labute approximate surface area is 198 Å². The van der Waals surface area contributed by atoms with Gasteiger partial charge in [0.25, 0.3) is 0 Å². The maximum atomic E-state index is 12.8. The number of carbonyl (C=O) groups is 3. The number of carbonyl (C=O) groups excluding carboxylic acids is 3. The highest BCUT2D eigenvalue weighted by Gasteiger charge is 2.27. The van der Waals surface area contributed by atoms with Gasteiger partial charge in [0.15, 0.2) is 0 Å². The second kappa shape index (κ2) is 12.9. The third-order valence-corrected chi connectivity index (χ3v) is 5.07. The molecule has 0 aliphatic carbocycles. The van der Waals surface area contributed by atoms with Crippen LogP contribution < -0.4 is 11.1 Å². The van der Waals surface area contributed by atoms with E-state index in [-0.39, 0.29) is 26.1 Å². The first kappa shape index (κ1) is 24.7. The Morgan fingerprint density at radius 1 is 0.706 bits per heavy atom. The summed E-state index contributed by atoms with van der Waals surface area (Å²) in [7, 11) is 0. The molecule has 7 heteroatoms. The van der Waals surface area contributed by atoms with Crippen LogP contribution in [0.4, 0.5) is 0 Å². The lowest BCUT2D eigenvalue weighted by Gasteiger charge is -2.20. The predicted octanol–water partition coefficient (Wildman–Crippen LogP) is 2.92. The molecule has 0 radical (unpaired) electrons. The lowest BCUT2D eigenvalue weighted by atomic mass is 10.1. The van der Waals surface area contributed by atoms with Gasteiger partial charge < -0.3 is 20.5 Å². The van der Waals surface area contributed by atoms with Gasteiger partial charge in [0.2, 0.25) is 5.91 Å². The molecule has 3 aromatic rings. The van der Waals surface area contributed by atoms with Crippen LogP contribution in [0.1, 0.15) is 23.1 Å². The second-order valence-corrected chi connectivity index (χ2v) is 7.80. The summed E-state index contributed by atoms with van der Waals surface area (Å²) >= 11 is 0. The molecule has 1 amide bonds. The van der Waals surface area contributed by atoms with E-state index in [1.54, 1.807) is 0 Å². The Balaban J connectivity index is 1.56. The molecular weight excluding hydrogens is 432 g/mol. The van der Waals surface area contributed by atoms with Crippen LogP contribution >= 0.6 is 0 Å². The largest absolute Gasteiger partial charge is 0.461 e. The van der Waals surface area contributed by atoms with Crippen LogP contribution in [0.15, 0.2) is 91.0 Å².